The standard InChI is InChI=1S/C28H56O4/c1-4-6-20-25-31-28(32-26-21-7-5-2)23-19-17-15-13-11-9-8-10-12-14-16-18-22-24-30-27-29-3/h22,24,28H,4-21,23,25-27H2,1-3H3. The molecule has 4 heteroatoms. The van der Waals surface area contributed by atoms with Gasteiger partial charge in [0.05, 0.1) is 6.26 Å². The third-order valence-electron chi connectivity index (χ3n) is 5.79. The molecule has 0 aromatic heterocycles. The van der Waals surface area contributed by atoms with E-state index in [1.807, 2.05) is 0 Å². The SMILES string of the molecule is CCCCCOC(CCCCCCCCCCCCCC=COCOC)OCCCCC. The molecule has 0 aliphatic carbocycles. The maximum atomic E-state index is 6.02. The molecule has 0 aromatic rings. The van der Waals surface area contributed by atoms with Crippen LogP contribution >= 0.6 is 0 Å². The summed E-state index contributed by atoms with van der Waals surface area (Å²) in [6.07, 6.45) is 28.2. The van der Waals surface area contributed by atoms with Gasteiger partial charge in [-0.3, -0.25) is 0 Å². The van der Waals surface area contributed by atoms with E-state index >= 15 is 0 Å². The summed E-state index contributed by atoms with van der Waals surface area (Å²) in [4.78, 5) is 0. The first-order chi connectivity index (χ1) is 15.8. The number of hydrogen-bond acceptors (Lipinski definition) is 4. The fourth-order valence-corrected chi connectivity index (χ4v) is 3.76. The van der Waals surface area contributed by atoms with Crippen molar-refractivity contribution in [3.8, 4) is 0 Å². The van der Waals surface area contributed by atoms with Crippen LogP contribution in [-0.4, -0.2) is 33.4 Å². The molecule has 0 saturated heterocycles. The molecule has 0 unspecified atom stereocenters. The molecule has 0 spiro atoms. The van der Waals surface area contributed by atoms with Gasteiger partial charge >= 0.3 is 0 Å². The number of unbranched alkanes of at least 4 members (excludes halogenated alkanes) is 15. The number of hydrogen-bond donors (Lipinski definition) is 0. The van der Waals surface area contributed by atoms with E-state index in [4.69, 9.17) is 18.9 Å². The molecule has 0 radical (unpaired) electrons. The van der Waals surface area contributed by atoms with Crippen molar-refractivity contribution in [1.82, 2.24) is 0 Å². The van der Waals surface area contributed by atoms with Crippen LogP contribution in [-0.2, 0) is 18.9 Å². The summed E-state index contributed by atoms with van der Waals surface area (Å²) in [5.41, 5.74) is 0. The van der Waals surface area contributed by atoms with Gasteiger partial charge in [-0.05, 0) is 44.6 Å². The second kappa shape index (κ2) is 28.5. The van der Waals surface area contributed by atoms with Gasteiger partial charge in [0.1, 0.15) is 0 Å². The molecule has 0 N–H and O–H groups in total. The van der Waals surface area contributed by atoms with Crippen molar-refractivity contribution in [2.45, 2.75) is 142 Å². The van der Waals surface area contributed by atoms with Crippen molar-refractivity contribution in [3.63, 3.8) is 0 Å². The first kappa shape index (κ1) is 31.4. The molecular weight excluding hydrogens is 400 g/mol. The molecule has 0 saturated carbocycles. The van der Waals surface area contributed by atoms with E-state index in [9.17, 15) is 0 Å². The first-order valence-electron chi connectivity index (χ1n) is 13.8. The van der Waals surface area contributed by atoms with Crippen molar-refractivity contribution in [2.75, 3.05) is 27.1 Å². The van der Waals surface area contributed by atoms with Gasteiger partial charge in [0.15, 0.2) is 13.1 Å². The van der Waals surface area contributed by atoms with Crippen molar-refractivity contribution in [2.24, 2.45) is 0 Å². The number of ether oxygens (including phenoxy) is 4. The van der Waals surface area contributed by atoms with Gasteiger partial charge < -0.3 is 18.9 Å². The lowest BCUT2D eigenvalue weighted by Crippen LogP contribution is -2.19. The zero-order valence-electron chi connectivity index (χ0n) is 21.9. The highest BCUT2D eigenvalue weighted by Gasteiger charge is 2.09. The lowest BCUT2D eigenvalue weighted by atomic mass is 10.0. The molecule has 0 amide bonds. The van der Waals surface area contributed by atoms with Gasteiger partial charge in [-0.15, -0.1) is 0 Å². The topological polar surface area (TPSA) is 36.9 Å². The van der Waals surface area contributed by atoms with Crippen LogP contribution in [0.3, 0.4) is 0 Å². The Morgan fingerprint density at radius 3 is 1.59 bits per heavy atom. The van der Waals surface area contributed by atoms with Gasteiger partial charge in [-0.25, -0.2) is 0 Å². The maximum absolute atomic E-state index is 6.02. The Balaban J connectivity index is 3.48. The second-order valence-corrected chi connectivity index (χ2v) is 9.00. The van der Waals surface area contributed by atoms with Crippen LogP contribution in [0.5, 0.6) is 0 Å². The Labute approximate surface area is 200 Å². The molecule has 0 atom stereocenters. The minimum Gasteiger partial charge on any atom is -0.476 e. The smallest absolute Gasteiger partial charge is 0.187 e. The van der Waals surface area contributed by atoms with E-state index in [0.29, 0.717) is 6.79 Å². The van der Waals surface area contributed by atoms with Crippen LogP contribution in [0.2, 0.25) is 0 Å². The summed E-state index contributed by atoms with van der Waals surface area (Å²) in [6, 6.07) is 0. The van der Waals surface area contributed by atoms with Crippen molar-refractivity contribution < 1.29 is 18.9 Å². The highest BCUT2D eigenvalue weighted by atomic mass is 16.7. The molecule has 0 rings (SSSR count). The summed E-state index contributed by atoms with van der Waals surface area (Å²) in [5.74, 6) is 0. The monoisotopic (exact) mass is 456 g/mol. The van der Waals surface area contributed by atoms with Crippen molar-refractivity contribution in [1.29, 1.82) is 0 Å². The minimum absolute atomic E-state index is 0.0251. The maximum Gasteiger partial charge on any atom is 0.187 e. The van der Waals surface area contributed by atoms with Gasteiger partial charge in [0.2, 0.25) is 0 Å². The number of allylic oxidation sites excluding steroid dienone is 1. The predicted molar refractivity (Wildman–Crippen MR) is 137 cm³/mol. The summed E-state index contributed by atoms with van der Waals surface area (Å²) in [5, 5.41) is 0. The van der Waals surface area contributed by atoms with Gasteiger partial charge in [-0.1, -0.05) is 97.3 Å². The molecule has 0 aromatic carbocycles. The fourth-order valence-electron chi connectivity index (χ4n) is 3.76. The highest BCUT2D eigenvalue weighted by Crippen LogP contribution is 2.15. The van der Waals surface area contributed by atoms with Crippen LogP contribution in [0, 0.1) is 0 Å². The summed E-state index contributed by atoms with van der Waals surface area (Å²) in [6.45, 7) is 6.53. The van der Waals surface area contributed by atoms with Crippen LogP contribution in [0.1, 0.15) is 136 Å². The Kier molecular flexibility index (Phi) is 27.9. The largest absolute Gasteiger partial charge is 0.476 e. The lowest BCUT2D eigenvalue weighted by Gasteiger charge is -2.18. The van der Waals surface area contributed by atoms with E-state index in [1.54, 1.807) is 13.4 Å². The van der Waals surface area contributed by atoms with Crippen molar-refractivity contribution in [3.05, 3.63) is 12.3 Å². The molecule has 0 aliphatic rings. The summed E-state index contributed by atoms with van der Waals surface area (Å²) in [7, 11) is 1.64. The second-order valence-electron chi connectivity index (χ2n) is 9.00. The zero-order valence-corrected chi connectivity index (χ0v) is 21.9. The normalized spacial score (nSPS) is 11.8. The van der Waals surface area contributed by atoms with E-state index in [1.165, 1.54) is 96.3 Å². The molecule has 0 aliphatic heterocycles. The molecular formula is C28H56O4. The molecule has 0 bridgehead atoms. The Morgan fingerprint density at radius 2 is 1.09 bits per heavy atom. The molecule has 0 heterocycles. The van der Waals surface area contributed by atoms with Gasteiger partial charge in [0, 0.05) is 20.3 Å². The van der Waals surface area contributed by atoms with E-state index < -0.39 is 0 Å². The van der Waals surface area contributed by atoms with E-state index in [-0.39, 0.29) is 6.29 Å². The van der Waals surface area contributed by atoms with E-state index in [2.05, 4.69) is 19.9 Å². The molecule has 4 nitrogen and oxygen atoms in total. The van der Waals surface area contributed by atoms with Crippen molar-refractivity contribution >= 4 is 0 Å². The minimum atomic E-state index is 0.0251. The molecule has 0 fully saturated rings. The Hall–Kier alpha value is -0.580. The van der Waals surface area contributed by atoms with Gasteiger partial charge in [-0.2, -0.15) is 0 Å². The molecule has 192 valence electrons. The Morgan fingerprint density at radius 1 is 0.594 bits per heavy atom. The Bertz CT molecular complexity index is 347. The van der Waals surface area contributed by atoms with E-state index in [0.717, 1.165) is 38.9 Å². The van der Waals surface area contributed by atoms with Crippen LogP contribution in [0.25, 0.3) is 0 Å². The fraction of sp³-hybridized carbons (Fsp3) is 0.929. The lowest BCUT2D eigenvalue weighted by molar-refractivity contribution is -0.148. The third-order valence-corrected chi connectivity index (χ3v) is 5.79. The zero-order chi connectivity index (χ0) is 23.4. The van der Waals surface area contributed by atoms with Gasteiger partial charge in [0.25, 0.3) is 0 Å². The summed E-state index contributed by atoms with van der Waals surface area (Å²) >= 11 is 0. The number of methoxy groups -OCH3 is 1. The number of rotatable bonds is 27. The predicted octanol–water partition coefficient (Wildman–Crippen LogP) is 8.93. The van der Waals surface area contributed by atoms with Crippen LogP contribution in [0.15, 0.2) is 12.3 Å². The average Bonchev–Trinajstić information content (AvgIpc) is 2.81. The quantitative estimate of drug-likeness (QED) is 0.0702. The van der Waals surface area contributed by atoms with Crippen LogP contribution in [0.4, 0.5) is 0 Å². The average molecular weight is 457 g/mol. The first-order valence-corrected chi connectivity index (χ1v) is 13.8. The van der Waals surface area contributed by atoms with Crippen LogP contribution < -0.4 is 0 Å². The highest BCUT2D eigenvalue weighted by molar-refractivity contribution is 4.72. The molecule has 32 heavy (non-hydrogen) atoms. The third kappa shape index (κ3) is 25.7. The summed E-state index contributed by atoms with van der Waals surface area (Å²) < 4.78 is 22.0.